The van der Waals surface area contributed by atoms with Gasteiger partial charge in [0.25, 0.3) is 0 Å². The number of anilines is 1. The van der Waals surface area contributed by atoms with Gasteiger partial charge in [0.1, 0.15) is 18.0 Å². The summed E-state index contributed by atoms with van der Waals surface area (Å²) in [6, 6.07) is 7.66. The topological polar surface area (TPSA) is 68.1 Å². The molecule has 1 N–H and O–H groups in total. The molecule has 0 atom stereocenters. The number of nitrogens with zero attached hydrogens (tertiary/aromatic N) is 5. The van der Waals surface area contributed by atoms with E-state index < -0.39 is 0 Å². The lowest BCUT2D eigenvalue weighted by Gasteiger charge is -2.39. The van der Waals surface area contributed by atoms with Crippen molar-refractivity contribution in [3.8, 4) is 11.3 Å². The first-order valence-electron chi connectivity index (χ1n) is 12.1. The molecule has 3 heterocycles. The van der Waals surface area contributed by atoms with Gasteiger partial charge in [0.2, 0.25) is 0 Å². The second-order valence-corrected chi connectivity index (χ2v) is 9.59. The highest BCUT2D eigenvalue weighted by molar-refractivity contribution is 5.92. The average Bonchev–Trinajstić information content (AvgIpc) is 3.61. The van der Waals surface area contributed by atoms with Crippen LogP contribution in [0.5, 0.6) is 0 Å². The lowest BCUT2D eigenvalue weighted by Crippen LogP contribution is -2.46. The monoisotopic (exact) mass is 432 g/mol. The Morgan fingerprint density at radius 2 is 1.78 bits per heavy atom. The summed E-state index contributed by atoms with van der Waals surface area (Å²) in [5.74, 6) is 2.80. The molecular weight excluding hydrogens is 400 g/mol. The zero-order chi connectivity index (χ0) is 21.5. The van der Waals surface area contributed by atoms with Gasteiger partial charge in [-0.25, -0.2) is 15.0 Å². The van der Waals surface area contributed by atoms with E-state index in [0.29, 0.717) is 18.0 Å². The maximum Gasteiger partial charge on any atom is 0.137 e. The molecule has 1 aromatic carbocycles. The quantitative estimate of drug-likeness (QED) is 0.658. The molecule has 2 aromatic heterocycles. The van der Waals surface area contributed by atoms with Crippen LogP contribution in [0, 0.1) is 0 Å². The van der Waals surface area contributed by atoms with Gasteiger partial charge in [0, 0.05) is 49.1 Å². The van der Waals surface area contributed by atoms with Crippen LogP contribution in [0.4, 0.5) is 5.82 Å². The molecule has 0 bridgehead atoms. The van der Waals surface area contributed by atoms with Crippen LogP contribution in [0.3, 0.4) is 0 Å². The Morgan fingerprint density at radius 1 is 0.969 bits per heavy atom. The van der Waals surface area contributed by atoms with Gasteiger partial charge in [-0.3, -0.25) is 4.90 Å². The molecule has 7 nitrogen and oxygen atoms in total. The highest BCUT2D eigenvalue weighted by Crippen LogP contribution is 2.40. The van der Waals surface area contributed by atoms with Crippen molar-refractivity contribution < 1.29 is 4.74 Å². The lowest BCUT2D eigenvalue weighted by atomic mass is 9.90. The van der Waals surface area contributed by atoms with Crippen LogP contribution in [0.25, 0.3) is 22.2 Å². The SMILES string of the molecule is Cn1c(-c2ccc3ncnc(N[C@H]4CC[C@H](N5CCOCC5)CC4)c3c2)cnc1C1CC1. The van der Waals surface area contributed by atoms with E-state index in [4.69, 9.17) is 9.72 Å². The Labute approximate surface area is 189 Å². The third-order valence-electron chi connectivity index (χ3n) is 7.50. The standard InChI is InChI=1S/C25H32N6O/c1-30-23(15-26-25(30)17-2-3-17)18-4-9-22-21(14-18)24(28-16-27-22)29-19-5-7-20(8-6-19)31-10-12-32-13-11-31/h4,9,14-17,19-20H,2-3,5-8,10-13H2,1H3,(H,27,28,29)/t19-,20-. The van der Waals surface area contributed by atoms with Crippen LogP contribution in [-0.4, -0.2) is 62.8 Å². The third-order valence-corrected chi connectivity index (χ3v) is 7.50. The molecule has 3 fully saturated rings. The molecule has 3 aromatic rings. The van der Waals surface area contributed by atoms with E-state index in [1.165, 1.54) is 49.9 Å². The van der Waals surface area contributed by atoms with Crippen molar-refractivity contribution in [3.63, 3.8) is 0 Å². The molecule has 1 saturated heterocycles. The van der Waals surface area contributed by atoms with Gasteiger partial charge in [0.15, 0.2) is 0 Å². The lowest BCUT2D eigenvalue weighted by molar-refractivity contribution is 0.00791. The Balaban J connectivity index is 1.20. The molecule has 0 amide bonds. The van der Waals surface area contributed by atoms with Crippen molar-refractivity contribution in [1.82, 2.24) is 24.4 Å². The molecule has 0 radical (unpaired) electrons. The fraction of sp³-hybridized carbons (Fsp3) is 0.560. The first-order chi connectivity index (χ1) is 15.8. The van der Waals surface area contributed by atoms with Crippen molar-refractivity contribution in [3.05, 3.63) is 36.5 Å². The molecule has 0 unspecified atom stereocenters. The minimum atomic E-state index is 0.465. The molecule has 1 aliphatic heterocycles. The summed E-state index contributed by atoms with van der Waals surface area (Å²) in [6.45, 7) is 3.93. The maximum atomic E-state index is 5.52. The minimum absolute atomic E-state index is 0.465. The van der Waals surface area contributed by atoms with Gasteiger partial charge in [-0.1, -0.05) is 6.07 Å². The molecule has 6 rings (SSSR count). The van der Waals surface area contributed by atoms with E-state index in [1.807, 2.05) is 6.20 Å². The number of benzene rings is 1. The van der Waals surface area contributed by atoms with E-state index in [9.17, 15) is 0 Å². The molecule has 32 heavy (non-hydrogen) atoms. The van der Waals surface area contributed by atoms with Gasteiger partial charge in [0.05, 0.1) is 30.6 Å². The molecule has 168 valence electrons. The van der Waals surface area contributed by atoms with Crippen molar-refractivity contribution in [2.75, 3.05) is 31.6 Å². The molecule has 0 spiro atoms. The highest BCUT2D eigenvalue weighted by atomic mass is 16.5. The van der Waals surface area contributed by atoms with Gasteiger partial charge >= 0.3 is 0 Å². The smallest absolute Gasteiger partial charge is 0.137 e. The van der Waals surface area contributed by atoms with Crippen LogP contribution >= 0.6 is 0 Å². The van der Waals surface area contributed by atoms with E-state index in [1.54, 1.807) is 6.33 Å². The Morgan fingerprint density at radius 3 is 2.56 bits per heavy atom. The summed E-state index contributed by atoms with van der Waals surface area (Å²) in [5.41, 5.74) is 3.32. The number of fused-ring (bicyclic) bond motifs is 1. The van der Waals surface area contributed by atoms with Crippen molar-refractivity contribution in [2.45, 2.75) is 56.5 Å². The number of ether oxygens (including phenoxy) is 1. The first-order valence-corrected chi connectivity index (χ1v) is 12.1. The van der Waals surface area contributed by atoms with Crippen LogP contribution in [0.2, 0.25) is 0 Å². The van der Waals surface area contributed by atoms with Crippen LogP contribution in [0.1, 0.15) is 50.3 Å². The zero-order valence-corrected chi connectivity index (χ0v) is 18.8. The van der Waals surface area contributed by atoms with Crippen molar-refractivity contribution in [1.29, 1.82) is 0 Å². The Bertz CT molecular complexity index is 1090. The molecule has 3 aliphatic rings. The van der Waals surface area contributed by atoms with E-state index >= 15 is 0 Å². The summed E-state index contributed by atoms with van der Waals surface area (Å²) in [6.07, 6.45) is 11.1. The number of nitrogens with one attached hydrogen (secondary N) is 1. The number of hydrogen-bond acceptors (Lipinski definition) is 6. The predicted molar refractivity (Wildman–Crippen MR) is 126 cm³/mol. The molecule has 2 saturated carbocycles. The number of morpholine rings is 1. The molecule has 2 aliphatic carbocycles. The normalized spacial score (nSPS) is 24.7. The molecule has 7 heteroatoms. The van der Waals surface area contributed by atoms with E-state index in [2.05, 4.69) is 50.0 Å². The van der Waals surface area contributed by atoms with Gasteiger partial charge in [-0.15, -0.1) is 0 Å². The van der Waals surface area contributed by atoms with Gasteiger partial charge in [-0.05, 0) is 50.7 Å². The average molecular weight is 433 g/mol. The molecular formula is C25H32N6O. The van der Waals surface area contributed by atoms with Gasteiger partial charge < -0.3 is 14.6 Å². The number of aromatic nitrogens is 4. The summed E-state index contributed by atoms with van der Waals surface area (Å²) >= 11 is 0. The van der Waals surface area contributed by atoms with E-state index in [-0.39, 0.29) is 0 Å². The van der Waals surface area contributed by atoms with Crippen LogP contribution in [0.15, 0.2) is 30.7 Å². The fourth-order valence-electron chi connectivity index (χ4n) is 5.47. The summed E-state index contributed by atoms with van der Waals surface area (Å²) in [4.78, 5) is 16.5. The summed E-state index contributed by atoms with van der Waals surface area (Å²) in [7, 11) is 2.13. The Hall–Kier alpha value is -2.51. The highest BCUT2D eigenvalue weighted by Gasteiger charge is 2.29. The third kappa shape index (κ3) is 3.88. The van der Waals surface area contributed by atoms with Crippen molar-refractivity contribution >= 4 is 16.7 Å². The number of hydrogen-bond donors (Lipinski definition) is 1. The van der Waals surface area contributed by atoms with Gasteiger partial charge in [-0.2, -0.15) is 0 Å². The largest absolute Gasteiger partial charge is 0.379 e. The summed E-state index contributed by atoms with van der Waals surface area (Å²) in [5, 5.41) is 4.85. The van der Waals surface area contributed by atoms with Crippen LogP contribution in [-0.2, 0) is 11.8 Å². The summed E-state index contributed by atoms with van der Waals surface area (Å²) < 4.78 is 7.78. The van der Waals surface area contributed by atoms with Crippen molar-refractivity contribution in [2.24, 2.45) is 7.05 Å². The van der Waals surface area contributed by atoms with Crippen LogP contribution < -0.4 is 5.32 Å². The maximum absolute atomic E-state index is 5.52. The van der Waals surface area contributed by atoms with E-state index in [0.717, 1.165) is 48.7 Å². The number of imidazole rings is 1. The Kier molecular flexibility index (Phi) is 5.31. The fourth-order valence-corrected chi connectivity index (χ4v) is 5.47. The first kappa shape index (κ1) is 20.1. The predicted octanol–water partition coefficient (Wildman–Crippen LogP) is 3.96. The second-order valence-electron chi connectivity index (χ2n) is 9.59. The zero-order valence-electron chi connectivity index (χ0n) is 18.8. The second kappa shape index (κ2) is 8.45. The minimum Gasteiger partial charge on any atom is -0.379 e. The number of rotatable bonds is 5.